The van der Waals surface area contributed by atoms with Crippen LogP contribution in [0.4, 0.5) is 16.0 Å². The molecule has 0 bridgehead atoms. The summed E-state index contributed by atoms with van der Waals surface area (Å²) in [6.45, 7) is 1.52. The lowest BCUT2D eigenvalue weighted by Crippen LogP contribution is -2.19. The van der Waals surface area contributed by atoms with Gasteiger partial charge in [-0.15, -0.1) is 22.6 Å². The van der Waals surface area contributed by atoms with Gasteiger partial charge in [0.15, 0.2) is 11.6 Å². The van der Waals surface area contributed by atoms with Crippen LogP contribution in [0.15, 0.2) is 18.2 Å². The third-order valence-corrected chi connectivity index (χ3v) is 4.29. The van der Waals surface area contributed by atoms with Crippen molar-refractivity contribution in [2.45, 2.75) is 18.8 Å². The van der Waals surface area contributed by atoms with Gasteiger partial charge in [0.2, 0.25) is 5.95 Å². The summed E-state index contributed by atoms with van der Waals surface area (Å²) < 4.78 is 26.0. The molecule has 1 aliphatic rings. The van der Waals surface area contributed by atoms with Crippen LogP contribution >= 0.6 is 12.4 Å². The number of nitrogens with zero attached hydrogens (tertiary/aromatic N) is 4. The van der Waals surface area contributed by atoms with Gasteiger partial charge in [-0.05, 0) is 25.0 Å². The largest absolute Gasteiger partial charge is 0.494 e. The fraction of sp³-hybridized carbons (Fsp3) is 0.500. The molecule has 0 radical (unpaired) electrons. The first-order valence-corrected chi connectivity index (χ1v) is 7.66. The summed E-state index contributed by atoms with van der Waals surface area (Å²) in [5.41, 5.74) is 0.789. The van der Waals surface area contributed by atoms with Crippen LogP contribution in [0.5, 0.6) is 5.75 Å². The highest BCUT2D eigenvalue weighted by Gasteiger charge is 2.23. The first-order chi connectivity index (χ1) is 11.1. The van der Waals surface area contributed by atoms with Crippen molar-refractivity contribution in [2.75, 3.05) is 32.3 Å². The molecule has 3 rings (SSSR count). The molecule has 0 amide bonds. The highest BCUT2D eigenvalue weighted by Crippen LogP contribution is 2.31. The van der Waals surface area contributed by atoms with Crippen molar-refractivity contribution in [1.29, 1.82) is 0 Å². The van der Waals surface area contributed by atoms with Gasteiger partial charge in [0.05, 0.1) is 7.11 Å². The van der Waals surface area contributed by atoms with Gasteiger partial charge < -0.3 is 14.4 Å². The number of rotatable bonds is 4. The molecule has 1 saturated heterocycles. The highest BCUT2D eigenvalue weighted by atomic mass is 35.5. The van der Waals surface area contributed by atoms with E-state index in [0.29, 0.717) is 11.9 Å². The third kappa shape index (κ3) is 3.47. The van der Waals surface area contributed by atoms with Crippen LogP contribution in [0.25, 0.3) is 0 Å². The van der Waals surface area contributed by atoms with Gasteiger partial charge in [-0.1, -0.05) is 0 Å². The Morgan fingerprint density at radius 2 is 2.00 bits per heavy atom. The average Bonchev–Trinajstić information content (AvgIpc) is 2.97. The Bertz CT molecular complexity index is 689. The quantitative estimate of drug-likeness (QED) is 0.842. The monoisotopic (exact) mass is 356 g/mol. The summed E-state index contributed by atoms with van der Waals surface area (Å²) >= 11 is 0. The Balaban J connectivity index is 0.00000208. The second-order valence-corrected chi connectivity index (χ2v) is 5.68. The molecule has 0 unspecified atom stereocenters. The molecule has 1 aromatic heterocycles. The van der Waals surface area contributed by atoms with Crippen LogP contribution in [0.2, 0.25) is 0 Å². The van der Waals surface area contributed by atoms with E-state index in [2.05, 4.69) is 10.2 Å². The van der Waals surface area contributed by atoms with Crippen LogP contribution in [0.1, 0.15) is 24.6 Å². The molecule has 2 aromatic rings. The molecule has 1 aliphatic heterocycles. The standard InChI is InChI=1S/C16H21FN4O2.ClH/c1-20(12-4-5-13(17)14(10-12)22-3)16-19-18-15(21(16)2)11-6-8-23-9-7-11;/h4-5,10-11H,6-9H2,1-3H3;1H. The minimum absolute atomic E-state index is 0. The summed E-state index contributed by atoms with van der Waals surface area (Å²) in [4.78, 5) is 1.87. The molecule has 2 heterocycles. The van der Waals surface area contributed by atoms with E-state index < -0.39 is 0 Å². The van der Waals surface area contributed by atoms with E-state index in [9.17, 15) is 4.39 Å². The zero-order valence-corrected chi connectivity index (χ0v) is 14.8. The maximum absolute atomic E-state index is 13.6. The fourth-order valence-corrected chi connectivity index (χ4v) is 2.91. The average molecular weight is 357 g/mol. The molecule has 8 heteroatoms. The first-order valence-electron chi connectivity index (χ1n) is 7.66. The van der Waals surface area contributed by atoms with Gasteiger partial charge in [-0.2, -0.15) is 0 Å². The predicted octanol–water partition coefficient (Wildman–Crippen LogP) is 3.05. The second kappa shape index (κ2) is 7.81. The zero-order valence-electron chi connectivity index (χ0n) is 14.0. The Morgan fingerprint density at radius 1 is 1.29 bits per heavy atom. The SMILES string of the molecule is COc1cc(N(C)c2nnc(C3CCOCC3)n2C)ccc1F.Cl. The fourth-order valence-electron chi connectivity index (χ4n) is 2.91. The minimum atomic E-state index is -0.384. The lowest BCUT2D eigenvalue weighted by atomic mass is 10.00. The Kier molecular flexibility index (Phi) is 6.01. The second-order valence-electron chi connectivity index (χ2n) is 5.68. The van der Waals surface area contributed by atoms with Crippen molar-refractivity contribution >= 4 is 24.0 Å². The molecule has 0 spiro atoms. The molecule has 1 aromatic carbocycles. The predicted molar refractivity (Wildman–Crippen MR) is 92.1 cm³/mol. The van der Waals surface area contributed by atoms with Crippen molar-refractivity contribution < 1.29 is 13.9 Å². The summed E-state index contributed by atoms with van der Waals surface area (Å²) in [6, 6.07) is 4.74. The van der Waals surface area contributed by atoms with E-state index in [-0.39, 0.29) is 24.0 Å². The van der Waals surface area contributed by atoms with Crippen LogP contribution in [-0.4, -0.2) is 42.1 Å². The van der Waals surface area contributed by atoms with E-state index in [1.54, 1.807) is 12.1 Å². The van der Waals surface area contributed by atoms with Crippen LogP contribution in [0, 0.1) is 5.82 Å². The lowest BCUT2D eigenvalue weighted by molar-refractivity contribution is 0.0830. The molecule has 24 heavy (non-hydrogen) atoms. The molecular formula is C16H22ClFN4O2. The summed E-state index contributed by atoms with van der Waals surface area (Å²) in [5.74, 6) is 1.86. The molecule has 0 aliphatic carbocycles. The number of halogens is 2. The minimum Gasteiger partial charge on any atom is -0.494 e. The number of hydrogen-bond acceptors (Lipinski definition) is 5. The topological polar surface area (TPSA) is 52.4 Å². The van der Waals surface area contributed by atoms with Crippen LogP contribution in [-0.2, 0) is 11.8 Å². The molecule has 6 nitrogen and oxygen atoms in total. The first kappa shape index (κ1) is 18.5. The summed E-state index contributed by atoms with van der Waals surface area (Å²) in [7, 11) is 5.29. The van der Waals surface area contributed by atoms with E-state index in [0.717, 1.165) is 37.6 Å². The van der Waals surface area contributed by atoms with Crippen LogP contribution < -0.4 is 9.64 Å². The maximum Gasteiger partial charge on any atom is 0.231 e. The number of methoxy groups -OCH3 is 1. The van der Waals surface area contributed by atoms with Crippen molar-refractivity contribution in [3.63, 3.8) is 0 Å². The van der Waals surface area contributed by atoms with Crippen molar-refractivity contribution in [1.82, 2.24) is 14.8 Å². The number of benzene rings is 1. The Hall–Kier alpha value is -1.86. The number of ether oxygens (including phenoxy) is 2. The molecule has 0 N–H and O–H groups in total. The maximum atomic E-state index is 13.6. The van der Waals surface area contributed by atoms with Crippen molar-refractivity contribution in [2.24, 2.45) is 7.05 Å². The smallest absolute Gasteiger partial charge is 0.231 e. The van der Waals surface area contributed by atoms with Gasteiger partial charge >= 0.3 is 0 Å². The third-order valence-electron chi connectivity index (χ3n) is 4.29. The van der Waals surface area contributed by atoms with Crippen LogP contribution in [0.3, 0.4) is 0 Å². The van der Waals surface area contributed by atoms with E-state index >= 15 is 0 Å². The van der Waals surface area contributed by atoms with Gasteiger partial charge in [0.1, 0.15) is 5.82 Å². The zero-order chi connectivity index (χ0) is 16.4. The number of aromatic nitrogens is 3. The normalized spacial score (nSPS) is 15.0. The molecule has 132 valence electrons. The highest BCUT2D eigenvalue weighted by molar-refractivity contribution is 5.85. The van der Waals surface area contributed by atoms with Crippen molar-refractivity contribution in [3.05, 3.63) is 29.8 Å². The Labute approximate surface area is 147 Å². The van der Waals surface area contributed by atoms with E-state index in [1.807, 2.05) is 23.6 Å². The van der Waals surface area contributed by atoms with Gasteiger partial charge in [-0.3, -0.25) is 4.57 Å². The molecule has 0 saturated carbocycles. The van der Waals surface area contributed by atoms with E-state index in [1.165, 1.54) is 13.2 Å². The van der Waals surface area contributed by atoms with Crippen molar-refractivity contribution in [3.8, 4) is 5.75 Å². The van der Waals surface area contributed by atoms with E-state index in [4.69, 9.17) is 9.47 Å². The number of anilines is 2. The number of hydrogen-bond donors (Lipinski definition) is 0. The summed E-state index contributed by atoms with van der Waals surface area (Å²) in [6.07, 6.45) is 1.92. The summed E-state index contributed by atoms with van der Waals surface area (Å²) in [5, 5.41) is 8.67. The molecule has 1 fully saturated rings. The van der Waals surface area contributed by atoms with Gasteiger partial charge in [-0.25, -0.2) is 4.39 Å². The molecule has 0 atom stereocenters. The van der Waals surface area contributed by atoms with Gasteiger partial charge in [0.25, 0.3) is 0 Å². The van der Waals surface area contributed by atoms with Gasteiger partial charge in [0, 0.05) is 45.0 Å². The lowest BCUT2D eigenvalue weighted by Gasteiger charge is -2.22. The molecular weight excluding hydrogens is 335 g/mol. The Morgan fingerprint density at radius 3 is 2.67 bits per heavy atom.